The van der Waals surface area contributed by atoms with Gasteiger partial charge in [0.05, 0.1) is 35.8 Å². The van der Waals surface area contributed by atoms with Crippen LogP contribution in [-0.4, -0.2) is 132 Å². The van der Waals surface area contributed by atoms with E-state index in [4.69, 9.17) is 18.2 Å². The fraction of sp³-hybridized carbons (Fsp3) is 0.500. The number of piperidine rings is 3. The van der Waals surface area contributed by atoms with Gasteiger partial charge < -0.3 is 19.6 Å². The van der Waals surface area contributed by atoms with Crippen LogP contribution in [0.3, 0.4) is 0 Å². The molecule has 7 heterocycles. The Balaban J connectivity index is 0.717. The van der Waals surface area contributed by atoms with Crippen molar-refractivity contribution >= 4 is 63.9 Å². The van der Waals surface area contributed by atoms with Gasteiger partial charge in [0.25, 0.3) is 17.7 Å². The van der Waals surface area contributed by atoms with Gasteiger partial charge in [-0.2, -0.15) is 0 Å². The molecule has 2 aromatic carbocycles. The van der Waals surface area contributed by atoms with E-state index >= 15 is 0 Å². The minimum atomic E-state index is -0.981. The normalized spacial score (nSPS) is 23.6. The number of rotatable bonds is 7. The maximum absolute atomic E-state index is 13.5. The molecule has 1 unspecified atom stereocenters. The lowest BCUT2D eigenvalue weighted by Gasteiger charge is -2.40. The number of amides is 5. The Morgan fingerprint density at radius 2 is 1.53 bits per heavy atom. The predicted molar refractivity (Wildman–Crippen MR) is 225 cm³/mol. The minimum absolute atomic E-state index is 0.0864. The number of carbonyl (C=O) groups excluding carboxylic acids is 5. The molecule has 6 aliphatic rings. The third-order valence-electron chi connectivity index (χ3n) is 13.7. The van der Waals surface area contributed by atoms with Crippen LogP contribution in [0.1, 0.15) is 83.2 Å². The third kappa shape index (κ3) is 7.55. The highest BCUT2D eigenvalue weighted by molar-refractivity contribution is 6.33. The van der Waals surface area contributed by atoms with Crippen molar-refractivity contribution in [1.82, 2.24) is 30.0 Å². The van der Waals surface area contributed by atoms with E-state index in [1.54, 1.807) is 24.5 Å². The molecule has 60 heavy (non-hydrogen) atoms. The van der Waals surface area contributed by atoms with Crippen LogP contribution in [-0.2, 0) is 9.59 Å². The van der Waals surface area contributed by atoms with Crippen molar-refractivity contribution in [3.8, 4) is 0 Å². The molecule has 1 aromatic heterocycles. The molecule has 0 radical (unpaired) electrons. The Morgan fingerprint density at radius 1 is 0.850 bits per heavy atom. The third-order valence-corrected chi connectivity index (χ3v) is 14.1. The molecule has 16 heteroatoms. The number of nitrogens with zero attached hydrogens (tertiary/aromatic N) is 9. The van der Waals surface area contributed by atoms with Gasteiger partial charge in [0.2, 0.25) is 23.3 Å². The lowest BCUT2D eigenvalue weighted by Crippen LogP contribution is -2.54. The Kier molecular flexibility index (Phi) is 10.7. The van der Waals surface area contributed by atoms with E-state index in [9.17, 15) is 24.0 Å². The largest absolute Gasteiger partial charge is 0.369 e. The van der Waals surface area contributed by atoms with E-state index in [1.165, 1.54) is 0 Å². The van der Waals surface area contributed by atoms with Crippen molar-refractivity contribution < 1.29 is 24.0 Å². The van der Waals surface area contributed by atoms with Gasteiger partial charge in [-0.15, -0.1) is 0 Å². The fourth-order valence-corrected chi connectivity index (χ4v) is 10.5. The summed E-state index contributed by atoms with van der Waals surface area (Å²) in [6.45, 7) is 17.9. The molecule has 0 saturated carbocycles. The van der Waals surface area contributed by atoms with Gasteiger partial charge in [-0.1, -0.05) is 17.7 Å². The number of likely N-dealkylation sites (tertiary alicyclic amines) is 1. The molecular weight excluding hydrogens is 784 g/mol. The van der Waals surface area contributed by atoms with E-state index < -0.39 is 29.7 Å². The summed E-state index contributed by atoms with van der Waals surface area (Å²) < 4.78 is 0. The number of hydrogen-bond acceptors (Lipinski definition) is 11. The van der Waals surface area contributed by atoms with Crippen LogP contribution in [0.15, 0.2) is 48.8 Å². The molecular formula is C44H49ClN10O5. The lowest BCUT2D eigenvalue weighted by molar-refractivity contribution is -0.136. The number of anilines is 3. The average molecular weight is 833 g/mol. The Labute approximate surface area is 354 Å². The van der Waals surface area contributed by atoms with Crippen molar-refractivity contribution in [3.05, 3.63) is 82.2 Å². The standard InChI is InChI=1S/C44H49ClN10O5/c1-28-23-44(27-54(28)31-4-6-36(46-2)35(45)22-31)11-15-51(16-12-44)32-24-47-39(48-25-32)43(60)53-13-9-29(10-14-53)26-50-17-19-52(20-18-50)30-3-5-33-34(21-30)42(59)55(41(33)58)37-7-8-38(56)49-40(37)57/h3-6,21-22,24-25,28-29,37H,7-20,23,26-27H2,1H3,(H,49,56,57)/t28-,37?/m0/s1. The number of nitrogens with one attached hydrogen (secondary N) is 1. The first-order valence-electron chi connectivity index (χ1n) is 21.1. The van der Waals surface area contributed by atoms with Crippen LogP contribution < -0.4 is 20.0 Å². The summed E-state index contributed by atoms with van der Waals surface area (Å²) >= 11 is 6.38. The number of piperazine rings is 1. The summed E-state index contributed by atoms with van der Waals surface area (Å²) in [7, 11) is 0. The zero-order chi connectivity index (χ0) is 41.7. The van der Waals surface area contributed by atoms with Gasteiger partial charge >= 0.3 is 0 Å². The summed E-state index contributed by atoms with van der Waals surface area (Å²) in [4.78, 5) is 88.9. The zero-order valence-electron chi connectivity index (χ0n) is 33.8. The number of halogens is 1. The first kappa shape index (κ1) is 39.8. The SMILES string of the molecule is [C-]#[N+]c1ccc(N2CC3(CCN(c4cnc(C(=O)N5CCC(CN6CCN(c7ccc8c(c7)C(=O)N(C7CCC(=O)NC7=O)C8=O)CC6)CC5)nc4)CC3)C[C@@H]2C)cc1Cl. The maximum atomic E-state index is 13.5. The molecule has 0 bridgehead atoms. The molecule has 312 valence electrons. The molecule has 3 aromatic rings. The number of fused-ring (bicyclic) bond motifs is 1. The number of aromatic nitrogens is 2. The summed E-state index contributed by atoms with van der Waals surface area (Å²) in [6, 6.07) is 10.4. The second kappa shape index (κ2) is 16.1. The highest BCUT2D eigenvalue weighted by Gasteiger charge is 2.46. The van der Waals surface area contributed by atoms with Crippen molar-refractivity contribution in [2.75, 3.05) is 80.1 Å². The summed E-state index contributed by atoms with van der Waals surface area (Å²) in [6.07, 6.45) is 8.87. The number of carbonyl (C=O) groups is 5. The number of imide groups is 2. The molecule has 15 nitrogen and oxygen atoms in total. The number of hydrogen-bond donors (Lipinski definition) is 1. The molecule has 5 amide bonds. The first-order valence-corrected chi connectivity index (χ1v) is 21.5. The maximum Gasteiger partial charge on any atom is 0.291 e. The molecule has 9 rings (SSSR count). The van der Waals surface area contributed by atoms with Crippen LogP contribution in [0.2, 0.25) is 5.02 Å². The lowest BCUT2D eigenvalue weighted by atomic mass is 9.76. The van der Waals surface area contributed by atoms with Gasteiger partial charge in [0.15, 0.2) is 0 Å². The smallest absolute Gasteiger partial charge is 0.291 e. The van der Waals surface area contributed by atoms with Crippen molar-refractivity contribution in [3.63, 3.8) is 0 Å². The average Bonchev–Trinajstić information content (AvgIpc) is 3.71. The fourth-order valence-electron chi connectivity index (χ4n) is 10.3. The Morgan fingerprint density at radius 3 is 2.22 bits per heavy atom. The van der Waals surface area contributed by atoms with Gasteiger partial charge in [-0.25, -0.2) is 14.8 Å². The second-order valence-electron chi connectivity index (χ2n) is 17.4. The van der Waals surface area contributed by atoms with Crippen molar-refractivity contribution in [2.24, 2.45) is 11.3 Å². The Hall–Kier alpha value is -5.59. The minimum Gasteiger partial charge on any atom is -0.369 e. The highest BCUT2D eigenvalue weighted by atomic mass is 35.5. The van der Waals surface area contributed by atoms with E-state index in [-0.39, 0.29) is 35.6 Å². The van der Waals surface area contributed by atoms with Crippen LogP contribution in [0, 0.1) is 17.9 Å². The molecule has 5 fully saturated rings. The van der Waals surface area contributed by atoms with Crippen LogP contribution in [0.25, 0.3) is 4.85 Å². The van der Waals surface area contributed by atoms with E-state index in [0.29, 0.717) is 41.3 Å². The second-order valence-corrected chi connectivity index (χ2v) is 17.8. The van der Waals surface area contributed by atoms with Crippen LogP contribution in [0.5, 0.6) is 0 Å². The molecule has 5 saturated heterocycles. The molecule has 0 aliphatic carbocycles. The van der Waals surface area contributed by atoms with Crippen molar-refractivity contribution in [2.45, 2.75) is 64.0 Å². The molecule has 2 atom stereocenters. The van der Waals surface area contributed by atoms with Gasteiger partial charge in [-0.05, 0) is 87.1 Å². The highest BCUT2D eigenvalue weighted by Crippen LogP contribution is 2.46. The summed E-state index contributed by atoms with van der Waals surface area (Å²) in [5, 5.41) is 2.74. The van der Waals surface area contributed by atoms with Gasteiger partial charge in [0.1, 0.15) is 6.04 Å². The molecule has 1 N–H and O–H groups in total. The topological polar surface area (TPSA) is 147 Å². The quantitative estimate of drug-likeness (QED) is 0.263. The Bertz CT molecular complexity index is 2260. The monoisotopic (exact) mass is 832 g/mol. The zero-order valence-corrected chi connectivity index (χ0v) is 34.6. The van der Waals surface area contributed by atoms with Crippen LogP contribution in [0.4, 0.5) is 22.7 Å². The van der Waals surface area contributed by atoms with Crippen molar-refractivity contribution in [1.29, 1.82) is 0 Å². The van der Waals surface area contributed by atoms with Gasteiger partial charge in [-0.3, -0.25) is 39.1 Å². The summed E-state index contributed by atoms with van der Waals surface area (Å²) in [5.74, 6) is -1.40. The molecule has 6 aliphatic heterocycles. The van der Waals surface area contributed by atoms with E-state index in [0.717, 1.165) is 106 Å². The van der Waals surface area contributed by atoms with E-state index in [1.807, 2.05) is 29.2 Å². The summed E-state index contributed by atoms with van der Waals surface area (Å²) in [5.41, 5.74) is 4.17. The number of benzene rings is 2. The predicted octanol–water partition coefficient (Wildman–Crippen LogP) is 4.64. The van der Waals surface area contributed by atoms with Crippen LogP contribution >= 0.6 is 11.6 Å². The first-order chi connectivity index (χ1) is 29.0. The van der Waals surface area contributed by atoms with E-state index in [2.05, 4.69) is 46.7 Å². The molecule has 1 spiro atoms. The van der Waals surface area contributed by atoms with Gasteiger partial charge in [0, 0.05) is 94.3 Å².